The molecule has 37 heavy (non-hydrogen) atoms. The predicted octanol–water partition coefficient (Wildman–Crippen LogP) is 5.82. The fourth-order valence-corrected chi connectivity index (χ4v) is 6.09. The van der Waals surface area contributed by atoms with E-state index < -0.39 is 22.5 Å². The first-order chi connectivity index (χ1) is 17.4. The molecule has 0 aliphatic rings. The number of carbonyl (C=O) groups is 1. The first kappa shape index (κ1) is 28.4. The van der Waals surface area contributed by atoms with Gasteiger partial charge in [-0.05, 0) is 77.5 Å². The average Bonchev–Trinajstić information content (AvgIpc) is 2.87. The largest absolute Gasteiger partial charge is 0.496 e. The minimum absolute atomic E-state index is 0.0258. The molecule has 9 heteroatoms. The number of ether oxygens (including phenoxy) is 1. The summed E-state index contributed by atoms with van der Waals surface area (Å²) in [4.78, 5) is 13.0. The zero-order valence-corrected chi connectivity index (χ0v) is 24.1. The fraction of sp³-hybridized carbons (Fsp3) is 0.286. The number of halogens is 1. The molecule has 7 nitrogen and oxygen atoms in total. The van der Waals surface area contributed by atoms with Gasteiger partial charge in [0.25, 0.3) is 15.9 Å². The second-order valence-corrected chi connectivity index (χ2v) is 12.2. The van der Waals surface area contributed by atoms with Crippen molar-refractivity contribution in [1.29, 1.82) is 0 Å². The van der Waals surface area contributed by atoms with Crippen LogP contribution in [0.3, 0.4) is 0 Å². The Morgan fingerprint density at radius 2 is 1.70 bits per heavy atom. The standard InChI is InChI=1S/C28H32BrN3O4S/c1-20-11-13-23(14-12-20)32(37(34,35)24-15-16-26(36-5)25(29)17-24)19-27(33)31-30-21(2)18-28(3,4)22-9-7-6-8-10-22/h6-17H,18-19H2,1-5H3,(H,31,33)/b30-21-. The van der Waals surface area contributed by atoms with Crippen molar-refractivity contribution in [2.75, 3.05) is 18.0 Å². The Balaban J connectivity index is 1.83. The van der Waals surface area contributed by atoms with Crippen LogP contribution in [-0.2, 0) is 20.2 Å². The van der Waals surface area contributed by atoms with E-state index in [1.807, 2.05) is 32.0 Å². The Labute approximate surface area is 227 Å². The molecule has 0 atom stereocenters. The predicted molar refractivity (Wildman–Crippen MR) is 152 cm³/mol. The third kappa shape index (κ3) is 7.20. The van der Waals surface area contributed by atoms with Gasteiger partial charge in [-0.3, -0.25) is 9.10 Å². The molecule has 1 N–H and O–H groups in total. The molecule has 0 aromatic heterocycles. The molecular formula is C28H32BrN3O4S. The van der Waals surface area contributed by atoms with Crippen LogP contribution in [0.2, 0.25) is 0 Å². The average molecular weight is 587 g/mol. The third-order valence-corrected chi connectivity index (χ3v) is 8.33. The smallest absolute Gasteiger partial charge is 0.264 e. The number of sulfonamides is 1. The maximum Gasteiger partial charge on any atom is 0.264 e. The minimum atomic E-state index is -4.07. The molecule has 0 bridgehead atoms. The lowest BCUT2D eigenvalue weighted by Crippen LogP contribution is -2.39. The maximum atomic E-state index is 13.6. The SMILES string of the molecule is COc1ccc(S(=O)(=O)N(CC(=O)N/N=C(/C)CC(C)(C)c2ccccc2)c2ccc(C)cc2)cc1Br. The molecular weight excluding hydrogens is 554 g/mol. The van der Waals surface area contributed by atoms with E-state index >= 15 is 0 Å². The summed E-state index contributed by atoms with van der Waals surface area (Å²) in [6.45, 7) is 7.54. The Morgan fingerprint density at radius 1 is 1.05 bits per heavy atom. The van der Waals surface area contributed by atoms with Gasteiger partial charge in [0.05, 0.1) is 22.2 Å². The Morgan fingerprint density at radius 3 is 2.30 bits per heavy atom. The molecule has 0 unspecified atom stereocenters. The van der Waals surface area contributed by atoms with E-state index in [2.05, 4.69) is 52.4 Å². The first-order valence-corrected chi connectivity index (χ1v) is 14.0. The molecule has 0 aliphatic carbocycles. The van der Waals surface area contributed by atoms with Crippen LogP contribution < -0.4 is 14.5 Å². The molecule has 0 aliphatic heterocycles. The summed E-state index contributed by atoms with van der Waals surface area (Å²) in [7, 11) is -2.57. The number of benzene rings is 3. The van der Waals surface area contributed by atoms with E-state index in [0.717, 1.165) is 21.1 Å². The molecule has 0 saturated carbocycles. The third-order valence-electron chi connectivity index (χ3n) is 5.94. The number of nitrogens with one attached hydrogen (secondary N) is 1. The second kappa shape index (κ2) is 11.9. The zero-order chi connectivity index (χ0) is 27.2. The Hall–Kier alpha value is -3.17. The highest BCUT2D eigenvalue weighted by Gasteiger charge is 2.28. The van der Waals surface area contributed by atoms with Crippen molar-refractivity contribution < 1.29 is 17.9 Å². The van der Waals surface area contributed by atoms with Crippen molar-refractivity contribution in [3.8, 4) is 5.75 Å². The number of rotatable bonds is 10. The van der Waals surface area contributed by atoms with E-state index in [1.54, 1.807) is 30.3 Å². The molecule has 3 rings (SSSR count). The lowest BCUT2D eigenvalue weighted by atomic mass is 9.80. The van der Waals surface area contributed by atoms with Gasteiger partial charge >= 0.3 is 0 Å². The summed E-state index contributed by atoms with van der Waals surface area (Å²) in [6.07, 6.45) is 0.622. The van der Waals surface area contributed by atoms with Gasteiger partial charge in [-0.25, -0.2) is 13.8 Å². The van der Waals surface area contributed by atoms with Crippen LogP contribution in [0.5, 0.6) is 5.75 Å². The molecule has 0 heterocycles. The highest BCUT2D eigenvalue weighted by atomic mass is 79.9. The molecule has 196 valence electrons. The van der Waals surface area contributed by atoms with Crippen molar-refractivity contribution in [3.63, 3.8) is 0 Å². The molecule has 0 saturated heterocycles. The van der Waals surface area contributed by atoms with Gasteiger partial charge in [0, 0.05) is 5.71 Å². The van der Waals surface area contributed by atoms with Gasteiger partial charge < -0.3 is 4.74 Å². The Kier molecular flexibility index (Phi) is 9.15. The number of nitrogens with zero attached hydrogens (tertiary/aromatic N) is 2. The fourth-order valence-electron chi connectivity index (χ4n) is 3.95. The van der Waals surface area contributed by atoms with Gasteiger partial charge in [-0.2, -0.15) is 5.10 Å². The summed E-state index contributed by atoms with van der Waals surface area (Å²) in [5, 5.41) is 4.26. The van der Waals surface area contributed by atoms with E-state index in [9.17, 15) is 13.2 Å². The molecule has 3 aromatic rings. The maximum absolute atomic E-state index is 13.6. The lowest BCUT2D eigenvalue weighted by Gasteiger charge is -2.25. The number of hydrogen-bond donors (Lipinski definition) is 1. The van der Waals surface area contributed by atoms with Crippen LogP contribution in [0, 0.1) is 6.92 Å². The van der Waals surface area contributed by atoms with Crippen molar-refractivity contribution in [2.24, 2.45) is 5.10 Å². The highest BCUT2D eigenvalue weighted by Crippen LogP contribution is 2.31. The van der Waals surface area contributed by atoms with Crippen LogP contribution in [-0.4, -0.2) is 33.7 Å². The van der Waals surface area contributed by atoms with E-state index in [-0.39, 0.29) is 10.3 Å². The van der Waals surface area contributed by atoms with Gasteiger partial charge in [0.15, 0.2) is 0 Å². The molecule has 0 fully saturated rings. The number of methoxy groups -OCH3 is 1. The van der Waals surface area contributed by atoms with Crippen molar-refractivity contribution in [1.82, 2.24) is 5.43 Å². The van der Waals surface area contributed by atoms with E-state index in [4.69, 9.17) is 4.74 Å². The van der Waals surface area contributed by atoms with Crippen LogP contribution in [0.1, 0.15) is 38.3 Å². The zero-order valence-electron chi connectivity index (χ0n) is 21.7. The highest BCUT2D eigenvalue weighted by molar-refractivity contribution is 9.10. The lowest BCUT2D eigenvalue weighted by molar-refractivity contribution is -0.119. The summed E-state index contributed by atoms with van der Waals surface area (Å²) in [6, 6.07) is 21.5. The van der Waals surface area contributed by atoms with Gasteiger partial charge in [0.1, 0.15) is 12.3 Å². The van der Waals surface area contributed by atoms with Gasteiger partial charge in [-0.1, -0.05) is 61.9 Å². The second-order valence-electron chi connectivity index (χ2n) is 9.45. The van der Waals surface area contributed by atoms with Crippen molar-refractivity contribution in [2.45, 2.75) is 44.4 Å². The number of carbonyl (C=O) groups excluding carboxylic acids is 1. The van der Waals surface area contributed by atoms with Crippen LogP contribution in [0.15, 0.2) is 87.3 Å². The van der Waals surface area contributed by atoms with Gasteiger partial charge in [-0.15, -0.1) is 0 Å². The number of amides is 1. The minimum Gasteiger partial charge on any atom is -0.496 e. The molecule has 3 aromatic carbocycles. The van der Waals surface area contributed by atoms with Crippen molar-refractivity contribution in [3.05, 3.63) is 88.4 Å². The summed E-state index contributed by atoms with van der Waals surface area (Å²) < 4.78 is 34.1. The number of aryl methyl sites for hydroxylation is 1. The monoisotopic (exact) mass is 585 g/mol. The molecule has 1 amide bonds. The summed E-state index contributed by atoms with van der Waals surface area (Å²) >= 11 is 3.34. The number of hydrogen-bond acceptors (Lipinski definition) is 5. The first-order valence-electron chi connectivity index (χ1n) is 11.7. The normalized spacial score (nSPS) is 12.2. The van der Waals surface area contributed by atoms with Crippen LogP contribution >= 0.6 is 15.9 Å². The van der Waals surface area contributed by atoms with E-state index in [0.29, 0.717) is 22.3 Å². The number of anilines is 1. The quantitative estimate of drug-likeness (QED) is 0.240. The van der Waals surface area contributed by atoms with E-state index in [1.165, 1.54) is 19.2 Å². The Bertz CT molecular complexity index is 1370. The van der Waals surface area contributed by atoms with Crippen molar-refractivity contribution >= 4 is 43.3 Å². The van der Waals surface area contributed by atoms with Crippen LogP contribution in [0.4, 0.5) is 5.69 Å². The van der Waals surface area contributed by atoms with Crippen LogP contribution in [0.25, 0.3) is 0 Å². The number of hydrazone groups is 1. The molecule has 0 radical (unpaired) electrons. The topological polar surface area (TPSA) is 88.1 Å². The summed E-state index contributed by atoms with van der Waals surface area (Å²) in [5.74, 6) is -0.0459. The molecule has 0 spiro atoms. The summed E-state index contributed by atoms with van der Waals surface area (Å²) in [5.41, 5.74) is 5.59. The van der Waals surface area contributed by atoms with Gasteiger partial charge in [0.2, 0.25) is 0 Å².